The first-order valence-corrected chi connectivity index (χ1v) is 27.9. The van der Waals surface area contributed by atoms with Crippen LogP contribution in [0.5, 0.6) is 5.88 Å². The number of aromatic nitrogens is 2. The standard InChI is InChI=1S/C55H68N8O10S/c1-35(2)41-6-4-5-7-42(41)48-32-70-23-22-61(48)39-29-55(30-39)17-20-60(21-18-55)38-8-10-43(45(27-38)62-47-26-37-14-19-56-51(37)58-53(47)73-34-50-49(62)33-71-24-25-72-50)52(64)59-74(68,69)40-9-11-44(46(28-40)63(66)67)57-31-36-12-15-54(3,65)16-13-36/h4-11,14,19,26-28,35-36,39,48-50,57,65H,12-13,15-18,20-25,29-34H2,1-3H3,(H,56,58)(H,59,64)/t36?,48-,49+,50-,54?/m0/s1. The average molecular weight is 1030 g/mol. The van der Waals surface area contributed by atoms with Gasteiger partial charge in [-0.2, -0.15) is 4.98 Å². The highest BCUT2D eigenvalue weighted by Gasteiger charge is 2.50. The fourth-order valence-electron chi connectivity index (χ4n) is 12.5. The summed E-state index contributed by atoms with van der Waals surface area (Å²) in [5.74, 6) is -0.00194. The zero-order valence-corrected chi connectivity index (χ0v) is 43.3. The van der Waals surface area contributed by atoms with E-state index in [1.54, 1.807) is 12.3 Å². The molecule has 4 N–H and O–H groups in total. The van der Waals surface area contributed by atoms with E-state index in [4.69, 9.17) is 23.9 Å². The van der Waals surface area contributed by atoms with Gasteiger partial charge in [-0.25, -0.2) is 13.1 Å². The van der Waals surface area contributed by atoms with Gasteiger partial charge in [0, 0.05) is 55.6 Å². The van der Waals surface area contributed by atoms with Crippen LogP contribution in [0.1, 0.15) is 106 Å². The molecule has 74 heavy (non-hydrogen) atoms. The number of aromatic amines is 1. The van der Waals surface area contributed by atoms with Gasteiger partial charge < -0.3 is 44.2 Å². The molecular weight excluding hydrogens is 965 g/mol. The molecular formula is C55H68N8O10S. The minimum atomic E-state index is -4.66. The van der Waals surface area contributed by atoms with Crippen molar-refractivity contribution < 1.29 is 42.2 Å². The van der Waals surface area contributed by atoms with Crippen molar-refractivity contribution in [1.82, 2.24) is 19.6 Å². The number of carbonyl (C=O) groups is 1. The third kappa shape index (κ3) is 10.1. The minimum Gasteiger partial charge on any atom is -0.473 e. The first-order chi connectivity index (χ1) is 35.6. The third-order valence-electron chi connectivity index (χ3n) is 16.8. The van der Waals surface area contributed by atoms with Crippen molar-refractivity contribution in [3.8, 4) is 5.88 Å². The van der Waals surface area contributed by atoms with Gasteiger partial charge >= 0.3 is 0 Å². The molecule has 394 valence electrons. The first kappa shape index (κ1) is 50.3. The van der Waals surface area contributed by atoms with E-state index in [1.807, 2.05) is 36.1 Å². The number of rotatable bonds is 12. The SMILES string of the molecule is CC(C)c1ccccc1[C@@H]1COCCN1C1CC2(CCN(c3ccc(C(=O)NS(=O)(=O)c4ccc(NCC5CCC(C)(O)CC5)c([N+](=O)[O-])c4)c(N4c5cc6cc[nH]c6nc5OC[C@@H]5OCCOC[C@H]54)c3)CC2)C1. The number of aliphatic hydroxyl groups is 1. The van der Waals surface area contributed by atoms with Gasteiger partial charge in [0.2, 0.25) is 5.88 Å². The minimum absolute atomic E-state index is 0.0519. The Bertz CT molecular complexity index is 2990. The third-order valence-corrected chi connectivity index (χ3v) is 18.2. The van der Waals surface area contributed by atoms with Gasteiger partial charge in [0.1, 0.15) is 29.7 Å². The van der Waals surface area contributed by atoms with Crippen molar-refractivity contribution in [2.24, 2.45) is 11.3 Å². The number of piperidine rings is 1. The Kier molecular flexibility index (Phi) is 13.9. The predicted molar refractivity (Wildman–Crippen MR) is 281 cm³/mol. The number of hydrogen-bond acceptors (Lipinski definition) is 15. The molecule has 1 amide bonds. The summed E-state index contributed by atoms with van der Waals surface area (Å²) in [6, 6.07) is 21.9. The van der Waals surface area contributed by atoms with E-state index in [0.717, 1.165) is 81.9 Å². The lowest BCUT2D eigenvalue weighted by atomic mass is 9.59. The topological polar surface area (TPSA) is 214 Å². The average Bonchev–Trinajstić information content (AvgIpc) is 3.65. The van der Waals surface area contributed by atoms with Crippen LogP contribution in [0.4, 0.5) is 28.4 Å². The summed E-state index contributed by atoms with van der Waals surface area (Å²) < 4.78 is 55.8. The van der Waals surface area contributed by atoms with E-state index in [2.05, 4.69) is 62.9 Å². The Morgan fingerprint density at radius 1 is 0.932 bits per heavy atom. The van der Waals surface area contributed by atoms with Crippen LogP contribution in [0.2, 0.25) is 0 Å². The molecule has 1 spiro atoms. The number of amides is 1. The second kappa shape index (κ2) is 20.4. The van der Waals surface area contributed by atoms with E-state index in [0.29, 0.717) is 74.1 Å². The highest BCUT2D eigenvalue weighted by Crippen LogP contribution is 2.54. The largest absolute Gasteiger partial charge is 0.473 e. The van der Waals surface area contributed by atoms with Gasteiger partial charge in [-0.15, -0.1) is 0 Å². The first-order valence-electron chi connectivity index (χ1n) is 26.4. The lowest BCUT2D eigenvalue weighted by Crippen LogP contribution is -2.58. The molecule has 0 bridgehead atoms. The maximum Gasteiger partial charge on any atom is 0.293 e. The summed E-state index contributed by atoms with van der Waals surface area (Å²) in [7, 11) is -4.66. The van der Waals surface area contributed by atoms with E-state index < -0.39 is 49.2 Å². The monoisotopic (exact) mass is 1030 g/mol. The Morgan fingerprint density at radius 2 is 1.72 bits per heavy atom. The lowest BCUT2D eigenvalue weighted by molar-refractivity contribution is -0.384. The van der Waals surface area contributed by atoms with Crippen molar-refractivity contribution in [3.63, 3.8) is 0 Å². The number of ether oxygens (including phenoxy) is 4. The van der Waals surface area contributed by atoms with E-state index in [1.165, 1.54) is 23.3 Å². The zero-order chi connectivity index (χ0) is 51.4. The molecule has 3 atom stereocenters. The summed E-state index contributed by atoms with van der Waals surface area (Å²) >= 11 is 0. The summed E-state index contributed by atoms with van der Waals surface area (Å²) in [5, 5.41) is 26.8. The Morgan fingerprint density at radius 3 is 2.50 bits per heavy atom. The number of anilines is 4. The molecule has 5 aromatic rings. The van der Waals surface area contributed by atoms with Crippen molar-refractivity contribution in [2.45, 2.75) is 113 Å². The van der Waals surface area contributed by atoms with Crippen molar-refractivity contribution >= 4 is 55.4 Å². The van der Waals surface area contributed by atoms with Gasteiger partial charge in [0.05, 0.1) is 71.8 Å². The van der Waals surface area contributed by atoms with E-state index in [-0.39, 0.29) is 41.8 Å². The maximum atomic E-state index is 14.8. The molecule has 3 saturated heterocycles. The second-order valence-corrected chi connectivity index (χ2v) is 23.7. The zero-order valence-electron chi connectivity index (χ0n) is 42.5. The van der Waals surface area contributed by atoms with Crippen LogP contribution in [-0.4, -0.2) is 129 Å². The number of sulfonamides is 1. The van der Waals surface area contributed by atoms with Crippen LogP contribution in [-0.2, 0) is 24.2 Å². The summed E-state index contributed by atoms with van der Waals surface area (Å²) in [6.07, 6.45) is 8.30. The molecule has 0 unspecified atom stereocenters. The number of fused-ring (bicyclic) bond motifs is 3. The molecule has 0 radical (unpaired) electrons. The number of benzene rings is 3. The number of pyridine rings is 1. The number of morpholine rings is 1. The van der Waals surface area contributed by atoms with Gasteiger partial charge in [0.25, 0.3) is 21.6 Å². The molecule has 19 heteroatoms. The summed E-state index contributed by atoms with van der Waals surface area (Å²) in [6.45, 7) is 11.8. The van der Waals surface area contributed by atoms with Crippen LogP contribution >= 0.6 is 0 Å². The molecule has 11 rings (SSSR count). The van der Waals surface area contributed by atoms with Gasteiger partial charge in [-0.3, -0.25) is 19.8 Å². The van der Waals surface area contributed by atoms with Gasteiger partial charge in [0.15, 0.2) is 0 Å². The summed E-state index contributed by atoms with van der Waals surface area (Å²) in [4.78, 5) is 41.2. The van der Waals surface area contributed by atoms with E-state index >= 15 is 0 Å². The number of nitro benzene ring substituents is 1. The van der Waals surface area contributed by atoms with Crippen LogP contribution in [0.3, 0.4) is 0 Å². The van der Waals surface area contributed by atoms with Crippen LogP contribution in [0.25, 0.3) is 11.0 Å². The molecule has 18 nitrogen and oxygen atoms in total. The van der Waals surface area contributed by atoms with Crippen molar-refractivity contribution in [2.75, 3.05) is 80.9 Å². The van der Waals surface area contributed by atoms with E-state index in [9.17, 15) is 28.4 Å². The Hall–Kier alpha value is -5.83. The van der Waals surface area contributed by atoms with Gasteiger partial charge in [-0.1, -0.05) is 38.1 Å². The maximum absolute atomic E-state index is 14.8. The number of H-pyrrole nitrogens is 1. The quantitative estimate of drug-likeness (QED) is 0.0685. The van der Waals surface area contributed by atoms with Crippen molar-refractivity contribution in [3.05, 3.63) is 106 Å². The van der Waals surface area contributed by atoms with Crippen molar-refractivity contribution in [1.29, 1.82) is 0 Å². The summed E-state index contributed by atoms with van der Waals surface area (Å²) in [5.41, 5.74) is 4.48. The number of carbonyl (C=O) groups excluding carboxylic acids is 1. The second-order valence-electron chi connectivity index (χ2n) is 22.0. The lowest BCUT2D eigenvalue weighted by Gasteiger charge is -2.57. The van der Waals surface area contributed by atoms with Crippen LogP contribution < -0.4 is 24.6 Å². The molecule has 2 aromatic heterocycles. The number of nitro groups is 1. The normalized spacial score (nSPS) is 25.6. The highest BCUT2D eigenvalue weighted by atomic mass is 32.2. The fourth-order valence-corrected chi connectivity index (χ4v) is 13.5. The number of nitrogens with zero attached hydrogens (tertiary/aromatic N) is 5. The molecule has 5 fully saturated rings. The molecule has 6 heterocycles. The molecule has 2 saturated carbocycles. The smallest absolute Gasteiger partial charge is 0.293 e. The van der Waals surface area contributed by atoms with Crippen LogP contribution in [0, 0.1) is 21.4 Å². The highest BCUT2D eigenvalue weighted by molar-refractivity contribution is 7.90. The molecule has 4 aliphatic heterocycles. The Labute approximate surface area is 432 Å². The number of nitrogens with one attached hydrogen (secondary N) is 3. The van der Waals surface area contributed by atoms with Crippen LogP contribution in [0.15, 0.2) is 83.9 Å². The molecule has 6 aliphatic rings. The fraction of sp³-hybridized carbons (Fsp3) is 0.527. The molecule has 3 aromatic carbocycles. The number of hydrogen-bond donors (Lipinski definition) is 4. The predicted octanol–water partition coefficient (Wildman–Crippen LogP) is 8.20. The van der Waals surface area contributed by atoms with Gasteiger partial charge in [-0.05, 0) is 129 Å². The molecule has 2 aliphatic carbocycles. The Balaban J connectivity index is 0.881.